The number of hydrogen-bond acceptors (Lipinski definition) is 7. The van der Waals surface area contributed by atoms with Gasteiger partial charge in [0, 0.05) is 50.8 Å². The summed E-state index contributed by atoms with van der Waals surface area (Å²) in [5.41, 5.74) is 0.351. The number of rotatable bonds is 4. The number of nitrogens with one attached hydrogen (secondary N) is 1. The Balaban J connectivity index is 1.42. The van der Waals surface area contributed by atoms with E-state index in [4.69, 9.17) is 9.72 Å². The molecule has 0 unspecified atom stereocenters. The minimum atomic E-state index is -0.205. The van der Waals surface area contributed by atoms with E-state index in [0.717, 1.165) is 45.0 Å². The van der Waals surface area contributed by atoms with Gasteiger partial charge in [0.15, 0.2) is 5.82 Å². The minimum Gasteiger partial charge on any atom is -0.381 e. The molecule has 2 atom stereocenters. The molecule has 4 aliphatic rings. The van der Waals surface area contributed by atoms with Gasteiger partial charge in [-0.3, -0.25) is 14.4 Å². The lowest BCUT2D eigenvalue weighted by Crippen LogP contribution is -2.25. The summed E-state index contributed by atoms with van der Waals surface area (Å²) in [5.74, 6) is 2.64. The summed E-state index contributed by atoms with van der Waals surface area (Å²) in [5, 5.41) is 3.23. The fourth-order valence-electron chi connectivity index (χ4n) is 4.49. The van der Waals surface area contributed by atoms with Crippen LogP contribution in [0.3, 0.4) is 0 Å². The minimum absolute atomic E-state index is 0.119. The molecule has 0 amide bonds. The molecule has 2 fully saturated rings. The van der Waals surface area contributed by atoms with Crippen molar-refractivity contribution < 1.29 is 4.74 Å². The van der Waals surface area contributed by atoms with Crippen molar-refractivity contribution in [2.24, 2.45) is 5.92 Å². The molecule has 1 aromatic rings. The van der Waals surface area contributed by atoms with Crippen LogP contribution < -0.4 is 5.56 Å². The smallest absolute Gasteiger partial charge is 0.284 e. The van der Waals surface area contributed by atoms with Gasteiger partial charge < -0.3 is 9.84 Å². The summed E-state index contributed by atoms with van der Waals surface area (Å²) in [6, 6.07) is 2.10. The van der Waals surface area contributed by atoms with E-state index in [0.29, 0.717) is 29.7 Å². The van der Waals surface area contributed by atoms with Gasteiger partial charge in [0.1, 0.15) is 17.2 Å². The Bertz CT molecular complexity index is 996. The van der Waals surface area contributed by atoms with E-state index in [2.05, 4.69) is 31.9 Å². The Morgan fingerprint density at radius 3 is 2.76 bits per heavy atom. The zero-order valence-electron chi connectivity index (χ0n) is 16.5. The Morgan fingerprint density at radius 1 is 1.17 bits per heavy atom. The fourth-order valence-corrected chi connectivity index (χ4v) is 4.49. The lowest BCUT2D eigenvalue weighted by Gasteiger charge is -2.24. The maximum atomic E-state index is 12.7. The molecule has 0 bridgehead atoms. The number of likely N-dealkylation sites (tertiary alicyclic amines) is 1. The molecule has 0 saturated carbocycles. The molecule has 0 spiro atoms. The molecule has 9 heteroatoms. The van der Waals surface area contributed by atoms with Crippen LogP contribution >= 0.6 is 0 Å². The first kappa shape index (κ1) is 18.4. The van der Waals surface area contributed by atoms with Gasteiger partial charge in [0.2, 0.25) is 0 Å². The van der Waals surface area contributed by atoms with Gasteiger partial charge in [-0.15, -0.1) is 0 Å². The van der Waals surface area contributed by atoms with E-state index in [1.165, 1.54) is 0 Å². The van der Waals surface area contributed by atoms with Crippen molar-refractivity contribution in [3.8, 4) is 11.4 Å². The van der Waals surface area contributed by atoms with Crippen LogP contribution in [0.2, 0.25) is 0 Å². The highest BCUT2D eigenvalue weighted by molar-refractivity contribution is 5.54. The van der Waals surface area contributed by atoms with Crippen LogP contribution in [0.4, 0.5) is 0 Å². The molecule has 0 aromatic carbocycles. The molecule has 0 radical (unpaired) electrons. The number of aromatic nitrogens is 6. The molecule has 5 heterocycles. The maximum absolute atomic E-state index is 12.7. The van der Waals surface area contributed by atoms with Crippen molar-refractivity contribution in [1.29, 1.82) is 0 Å². The number of ether oxygens (including phenoxy) is 1. The number of aromatic amines is 1. The average molecular weight is 395 g/mol. The fraction of sp³-hybridized carbons (Fsp3) is 0.550. The summed E-state index contributed by atoms with van der Waals surface area (Å²) >= 11 is 0. The van der Waals surface area contributed by atoms with E-state index in [-0.39, 0.29) is 17.5 Å². The Hall–Kier alpha value is -2.65. The zero-order valence-corrected chi connectivity index (χ0v) is 16.5. The van der Waals surface area contributed by atoms with Crippen molar-refractivity contribution in [2.75, 3.05) is 26.3 Å². The lowest BCUT2D eigenvalue weighted by molar-refractivity contribution is 0.0665. The van der Waals surface area contributed by atoms with Crippen molar-refractivity contribution in [3.63, 3.8) is 0 Å². The highest BCUT2D eigenvalue weighted by atomic mass is 16.5. The van der Waals surface area contributed by atoms with Gasteiger partial charge in [0.05, 0.1) is 12.6 Å². The van der Waals surface area contributed by atoms with Crippen LogP contribution in [0.5, 0.6) is 0 Å². The van der Waals surface area contributed by atoms with Crippen molar-refractivity contribution in [2.45, 2.75) is 38.3 Å². The van der Waals surface area contributed by atoms with Crippen LogP contribution in [-0.4, -0.2) is 60.9 Å². The van der Waals surface area contributed by atoms with Gasteiger partial charge >= 0.3 is 0 Å². The van der Waals surface area contributed by atoms with Crippen LogP contribution in [-0.2, 0) is 11.3 Å². The lowest BCUT2D eigenvalue weighted by atomic mass is 9.97. The van der Waals surface area contributed by atoms with Gasteiger partial charge in [-0.2, -0.15) is 4.98 Å². The predicted octanol–water partition coefficient (Wildman–Crippen LogP) is 1.45. The summed E-state index contributed by atoms with van der Waals surface area (Å²) in [6.07, 6.45) is 7.09. The largest absolute Gasteiger partial charge is 0.381 e. The summed E-state index contributed by atoms with van der Waals surface area (Å²) < 4.78 is 7.50. The molecule has 29 heavy (non-hydrogen) atoms. The summed E-state index contributed by atoms with van der Waals surface area (Å²) in [4.78, 5) is 32.9. The molecule has 1 N–H and O–H groups in total. The molecule has 9 nitrogen and oxygen atoms in total. The first-order valence-electron chi connectivity index (χ1n) is 10.2. The SMILES string of the molecule is C[C@@H]1CN(Cc2ncccn2)C[C@H]1c1nc2n(C3CCOCC3)[nH]cc-2c(=O)n1. The van der Waals surface area contributed by atoms with Crippen molar-refractivity contribution in [1.82, 2.24) is 34.6 Å². The normalized spacial score (nSPS) is 23.8. The molecule has 1 aromatic heterocycles. The Kier molecular flexibility index (Phi) is 4.84. The van der Waals surface area contributed by atoms with Gasteiger partial charge in [-0.1, -0.05) is 6.92 Å². The van der Waals surface area contributed by atoms with Crippen molar-refractivity contribution in [3.05, 3.63) is 46.7 Å². The number of nitrogens with zero attached hydrogens (tertiary/aromatic N) is 6. The van der Waals surface area contributed by atoms with Gasteiger partial charge in [-0.05, 0) is 24.8 Å². The topological polar surface area (TPSA) is 102 Å². The van der Waals surface area contributed by atoms with E-state index < -0.39 is 0 Å². The first-order chi connectivity index (χ1) is 14.2. The third-order valence-electron chi connectivity index (χ3n) is 6.04. The number of fused-ring (bicyclic) bond motifs is 1. The van der Waals surface area contributed by atoms with Crippen LogP contribution in [0.1, 0.15) is 43.4 Å². The molecule has 5 rings (SSSR count). The third-order valence-corrected chi connectivity index (χ3v) is 6.04. The molecular formula is C20H25N7O2. The maximum Gasteiger partial charge on any atom is 0.284 e. The molecule has 152 valence electrons. The second kappa shape index (κ2) is 7.64. The Morgan fingerprint density at radius 2 is 1.97 bits per heavy atom. The van der Waals surface area contributed by atoms with Crippen LogP contribution in [0, 0.1) is 5.92 Å². The van der Waals surface area contributed by atoms with E-state index in [1.807, 2.05) is 10.7 Å². The monoisotopic (exact) mass is 395 g/mol. The molecule has 0 aliphatic carbocycles. The molecular weight excluding hydrogens is 370 g/mol. The summed E-state index contributed by atoms with van der Waals surface area (Å²) in [7, 11) is 0. The highest BCUT2D eigenvalue weighted by Gasteiger charge is 2.35. The second-order valence-electron chi connectivity index (χ2n) is 8.05. The second-order valence-corrected chi connectivity index (χ2v) is 8.05. The van der Waals surface area contributed by atoms with E-state index >= 15 is 0 Å². The Labute approximate surface area is 168 Å². The zero-order chi connectivity index (χ0) is 19.8. The van der Waals surface area contributed by atoms with Crippen LogP contribution in [0.25, 0.3) is 11.4 Å². The standard InChI is InChI=1S/C20H25N7O2/c1-13-10-26(12-17-21-5-2-6-22-17)11-16(13)18-24-19-15(20(28)25-18)9-23-27(19)14-3-7-29-8-4-14/h2,5-6,9,13-14,16,23H,3-4,7-8,10-12H2,1H3/t13-,16-/m1/s1. The van der Waals surface area contributed by atoms with Gasteiger partial charge in [-0.25, -0.2) is 15.0 Å². The average Bonchev–Trinajstić information content (AvgIpc) is 3.33. The highest BCUT2D eigenvalue weighted by Crippen LogP contribution is 2.32. The summed E-state index contributed by atoms with van der Waals surface area (Å²) in [6.45, 7) is 6.06. The predicted molar refractivity (Wildman–Crippen MR) is 106 cm³/mol. The third kappa shape index (κ3) is 3.56. The van der Waals surface area contributed by atoms with E-state index in [1.54, 1.807) is 18.6 Å². The molecule has 2 saturated heterocycles. The number of hydrogen-bond donors (Lipinski definition) is 1. The molecule has 4 aliphatic heterocycles. The quantitative estimate of drug-likeness (QED) is 0.713. The first-order valence-corrected chi connectivity index (χ1v) is 10.2. The van der Waals surface area contributed by atoms with Crippen LogP contribution in [0.15, 0.2) is 29.5 Å². The van der Waals surface area contributed by atoms with E-state index in [9.17, 15) is 4.79 Å². The number of H-pyrrole nitrogens is 1. The van der Waals surface area contributed by atoms with Crippen molar-refractivity contribution >= 4 is 0 Å². The van der Waals surface area contributed by atoms with Gasteiger partial charge in [0.25, 0.3) is 5.56 Å².